The van der Waals surface area contributed by atoms with Crippen LogP contribution >= 0.6 is 22.6 Å². The molecule has 2 rings (SSSR count). The number of halogens is 1. The summed E-state index contributed by atoms with van der Waals surface area (Å²) in [5.74, 6) is 2.00. The molecule has 0 saturated heterocycles. The fourth-order valence-corrected chi connectivity index (χ4v) is 2.29. The van der Waals surface area contributed by atoms with Gasteiger partial charge in [0, 0.05) is 3.57 Å². The van der Waals surface area contributed by atoms with Gasteiger partial charge in [-0.15, -0.1) is 0 Å². The minimum Gasteiger partial charge on any atom is -0.497 e. The van der Waals surface area contributed by atoms with Crippen LogP contribution in [0.15, 0.2) is 48.5 Å². The van der Waals surface area contributed by atoms with Crippen molar-refractivity contribution in [2.45, 2.75) is 13.0 Å². The summed E-state index contributed by atoms with van der Waals surface area (Å²) in [4.78, 5) is 11.9. The molecule has 0 aliphatic rings. The van der Waals surface area contributed by atoms with Gasteiger partial charge in [0.15, 0.2) is 6.61 Å². The van der Waals surface area contributed by atoms with Crippen LogP contribution in [0.25, 0.3) is 0 Å². The molecular formula is C18H20INO4. The number of rotatable bonds is 8. The maximum atomic E-state index is 11.9. The first-order valence-corrected chi connectivity index (χ1v) is 8.59. The molecule has 1 N–H and O–H groups in total. The van der Waals surface area contributed by atoms with Crippen LogP contribution in [0.2, 0.25) is 0 Å². The molecule has 5 nitrogen and oxygen atoms in total. The molecule has 24 heavy (non-hydrogen) atoms. The Morgan fingerprint density at radius 2 is 1.54 bits per heavy atom. The highest BCUT2D eigenvalue weighted by molar-refractivity contribution is 14.1. The highest BCUT2D eigenvalue weighted by atomic mass is 127. The van der Waals surface area contributed by atoms with E-state index in [9.17, 15) is 4.79 Å². The molecule has 2 aromatic carbocycles. The second-order valence-corrected chi connectivity index (χ2v) is 6.44. The molecule has 0 radical (unpaired) electrons. The SMILES string of the molecule is COc1ccc(OC[C@@H](C)NC(=O)COc2ccc(I)cc2)cc1. The molecule has 2 aromatic rings. The first-order valence-electron chi connectivity index (χ1n) is 7.51. The zero-order valence-corrected chi connectivity index (χ0v) is 15.8. The molecule has 0 saturated carbocycles. The van der Waals surface area contributed by atoms with Crippen molar-refractivity contribution in [1.82, 2.24) is 5.32 Å². The lowest BCUT2D eigenvalue weighted by Gasteiger charge is -2.15. The van der Waals surface area contributed by atoms with Gasteiger partial charge in [-0.1, -0.05) is 0 Å². The number of ether oxygens (including phenoxy) is 3. The second-order valence-electron chi connectivity index (χ2n) is 5.20. The molecular weight excluding hydrogens is 421 g/mol. The normalized spacial score (nSPS) is 11.5. The van der Waals surface area contributed by atoms with Crippen molar-refractivity contribution in [3.8, 4) is 17.2 Å². The lowest BCUT2D eigenvalue weighted by molar-refractivity contribution is -0.123. The van der Waals surface area contributed by atoms with Gasteiger partial charge < -0.3 is 19.5 Å². The topological polar surface area (TPSA) is 56.8 Å². The van der Waals surface area contributed by atoms with Gasteiger partial charge in [0.05, 0.1) is 13.2 Å². The lowest BCUT2D eigenvalue weighted by Crippen LogP contribution is -2.39. The number of hydrogen-bond donors (Lipinski definition) is 1. The summed E-state index contributed by atoms with van der Waals surface area (Å²) in [6.45, 7) is 2.24. The summed E-state index contributed by atoms with van der Waals surface area (Å²) in [5.41, 5.74) is 0. The van der Waals surface area contributed by atoms with E-state index in [0.29, 0.717) is 12.4 Å². The highest BCUT2D eigenvalue weighted by Gasteiger charge is 2.09. The third-order valence-electron chi connectivity index (χ3n) is 3.15. The van der Waals surface area contributed by atoms with Crippen LogP contribution in [0.5, 0.6) is 17.2 Å². The molecule has 128 valence electrons. The van der Waals surface area contributed by atoms with Crippen LogP contribution in [0.3, 0.4) is 0 Å². The van der Waals surface area contributed by atoms with Crippen LogP contribution < -0.4 is 19.5 Å². The number of carbonyl (C=O) groups is 1. The summed E-state index contributed by atoms with van der Waals surface area (Å²) in [6, 6.07) is 14.7. The van der Waals surface area contributed by atoms with Gasteiger partial charge >= 0.3 is 0 Å². The van der Waals surface area contributed by atoms with Crippen molar-refractivity contribution < 1.29 is 19.0 Å². The molecule has 0 aromatic heterocycles. The maximum absolute atomic E-state index is 11.9. The summed E-state index contributed by atoms with van der Waals surface area (Å²) in [7, 11) is 1.62. The predicted octanol–water partition coefficient (Wildman–Crippen LogP) is 3.26. The molecule has 0 aliphatic carbocycles. The monoisotopic (exact) mass is 441 g/mol. The molecule has 0 aliphatic heterocycles. The third kappa shape index (κ3) is 6.27. The summed E-state index contributed by atoms with van der Waals surface area (Å²) in [5, 5.41) is 2.84. The number of nitrogens with one attached hydrogen (secondary N) is 1. The van der Waals surface area contributed by atoms with Crippen molar-refractivity contribution >= 4 is 28.5 Å². The number of carbonyl (C=O) groups excluding carboxylic acids is 1. The van der Waals surface area contributed by atoms with Crippen LogP contribution in [0, 0.1) is 3.57 Å². The molecule has 0 bridgehead atoms. The van der Waals surface area contributed by atoms with Crippen molar-refractivity contribution in [2.75, 3.05) is 20.3 Å². The van der Waals surface area contributed by atoms with Gasteiger partial charge in [0.2, 0.25) is 0 Å². The molecule has 0 fully saturated rings. The number of hydrogen-bond acceptors (Lipinski definition) is 4. The van der Waals surface area contributed by atoms with E-state index in [1.807, 2.05) is 55.5 Å². The smallest absolute Gasteiger partial charge is 0.258 e. The van der Waals surface area contributed by atoms with Gasteiger partial charge in [-0.05, 0) is 78.0 Å². The first-order chi connectivity index (χ1) is 11.6. The van der Waals surface area contributed by atoms with E-state index in [0.717, 1.165) is 15.1 Å². The summed E-state index contributed by atoms with van der Waals surface area (Å²) < 4.78 is 17.3. The largest absolute Gasteiger partial charge is 0.497 e. The van der Waals surface area contributed by atoms with Crippen molar-refractivity contribution in [3.05, 3.63) is 52.1 Å². The van der Waals surface area contributed by atoms with Gasteiger partial charge in [-0.3, -0.25) is 4.79 Å². The van der Waals surface area contributed by atoms with E-state index in [2.05, 4.69) is 27.9 Å². The Bertz CT molecular complexity index is 643. The fourth-order valence-electron chi connectivity index (χ4n) is 1.93. The van der Waals surface area contributed by atoms with E-state index in [4.69, 9.17) is 14.2 Å². The molecule has 1 amide bonds. The van der Waals surface area contributed by atoms with Crippen molar-refractivity contribution in [3.63, 3.8) is 0 Å². The van der Waals surface area contributed by atoms with Crippen LogP contribution in [-0.4, -0.2) is 32.3 Å². The summed E-state index contributed by atoms with van der Waals surface area (Å²) in [6.07, 6.45) is 0. The minimum absolute atomic E-state index is 0.0204. The van der Waals surface area contributed by atoms with E-state index >= 15 is 0 Å². The fraction of sp³-hybridized carbons (Fsp3) is 0.278. The number of methoxy groups -OCH3 is 1. The Morgan fingerprint density at radius 3 is 2.17 bits per heavy atom. The standard InChI is InChI=1S/C18H20INO4/c1-13(11-23-17-9-7-15(22-2)8-10-17)20-18(21)12-24-16-5-3-14(19)4-6-16/h3-10,13H,11-12H2,1-2H3,(H,20,21)/t13-/m1/s1. The Balaban J connectivity index is 1.69. The van der Waals surface area contributed by atoms with Gasteiger partial charge in [-0.2, -0.15) is 0 Å². The van der Waals surface area contributed by atoms with Crippen LogP contribution in [0.1, 0.15) is 6.92 Å². The molecule has 1 atom stereocenters. The Labute approximate surface area is 155 Å². The Kier molecular flexibility index (Phi) is 7.17. The molecule has 0 unspecified atom stereocenters. The summed E-state index contributed by atoms with van der Waals surface area (Å²) >= 11 is 2.22. The second kappa shape index (κ2) is 9.36. The molecule has 0 heterocycles. The highest BCUT2D eigenvalue weighted by Crippen LogP contribution is 2.17. The van der Waals surface area contributed by atoms with E-state index < -0.39 is 0 Å². The van der Waals surface area contributed by atoms with Gasteiger partial charge in [0.1, 0.15) is 23.9 Å². The zero-order valence-electron chi connectivity index (χ0n) is 13.6. The third-order valence-corrected chi connectivity index (χ3v) is 3.87. The Hall–Kier alpha value is -1.96. The van der Waals surface area contributed by atoms with Crippen LogP contribution in [-0.2, 0) is 4.79 Å². The number of amides is 1. The van der Waals surface area contributed by atoms with Gasteiger partial charge in [0.25, 0.3) is 5.91 Å². The minimum atomic E-state index is -0.181. The van der Waals surface area contributed by atoms with E-state index in [1.54, 1.807) is 7.11 Å². The zero-order chi connectivity index (χ0) is 17.4. The average Bonchev–Trinajstić information content (AvgIpc) is 2.60. The van der Waals surface area contributed by atoms with E-state index in [1.165, 1.54) is 0 Å². The van der Waals surface area contributed by atoms with E-state index in [-0.39, 0.29) is 18.6 Å². The lowest BCUT2D eigenvalue weighted by atomic mass is 10.3. The quantitative estimate of drug-likeness (QED) is 0.640. The first kappa shape index (κ1) is 18.4. The van der Waals surface area contributed by atoms with Crippen molar-refractivity contribution in [2.24, 2.45) is 0 Å². The van der Waals surface area contributed by atoms with Crippen molar-refractivity contribution in [1.29, 1.82) is 0 Å². The predicted molar refractivity (Wildman–Crippen MR) is 101 cm³/mol. The van der Waals surface area contributed by atoms with Gasteiger partial charge in [-0.25, -0.2) is 0 Å². The molecule has 6 heteroatoms. The Morgan fingerprint density at radius 1 is 1.00 bits per heavy atom. The molecule has 0 spiro atoms. The average molecular weight is 441 g/mol. The number of benzene rings is 2. The van der Waals surface area contributed by atoms with Crippen LogP contribution in [0.4, 0.5) is 0 Å². The maximum Gasteiger partial charge on any atom is 0.258 e.